The molecule has 116 valence electrons. The van der Waals surface area contributed by atoms with Crippen LogP contribution in [-0.4, -0.2) is 43.1 Å². The molecule has 1 aromatic rings. The predicted octanol–water partition coefficient (Wildman–Crippen LogP) is 1.63. The maximum atomic E-state index is 12.4. The van der Waals surface area contributed by atoms with Gasteiger partial charge in [-0.25, -0.2) is 14.4 Å². The molecule has 0 bridgehead atoms. The molecule has 21 heavy (non-hydrogen) atoms. The van der Waals surface area contributed by atoms with Crippen molar-refractivity contribution in [2.45, 2.75) is 45.4 Å². The summed E-state index contributed by atoms with van der Waals surface area (Å²) in [6.45, 7) is 5.07. The molecule has 0 radical (unpaired) electrons. The molecule has 1 aliphatic heterocycles. The van der Waals surface area contributed by atoms with E-state index < -0.39 is 31.3 Å². The van der Waals surface area contributed by atoms with E-state index in [-0.39, 0.29) is 13.0 Å². The number of carboxylic acids is 1. The lowest BCUT2D eigenvalue weighted by Crippen LogP contribution is -2.42. The van der Waals surface area contributed by atoms with Gasteiger partial charge in [0.2, 0.25) is 7.95 Å². The Labute approximate surface area is 122 Å². The number of carbonyl (C=O) groups is 2. The SMILES string of the molecule is CC(C)(C)OC(=O)[PH](=O)N1Cc2[nH]cnc2C[C@H]1C(=O)O. The lowest BCUT2D eigenvalue weighted by atomic mass is 10.1. The van der Waals surface area contributed by atoms with E-state index in [2.05, 4.69) is 9.97 Å². The summed E-state index contributed by atoms with van der Waals surface area (Å²) in [5.74, 6) is -1.13. The molecule has 2 rings (SSSR count). The maximum Gasteiger partial charge on any atom is 0.376 e. The average Bonchev–Trinajstić information content (AvgIpc) is 2.81. The Morgan fingerprint density at radius 2 is 2.19 bits per heavy atom. The number of hydrogen-bond acceptors (Lipinski definition) is 5. The first kappa shape index (κ1) is 15.7. The summed E-state index contributed by atoms with van der Waals surface area (Å²) < 4.78 is 18.6. The zero-order chi connectivity index (χ0) is 15.8. The van der Waals surface area contributed by atoms with Crippen LogP contribution < -0.4 is 0 Å². The van der Waals surface area contributed by atoms with Gasteiger partial charge in [-0.15, -0.1) is 0 Å². The molecule has 0 spiro atoms. The summed E-state index contributed by atoms with van der Waals surface area (Å²) in [7, 11) is -3.02. The fourth-order valence-electron chi connectivity index (χ4n) is 2.11. The molecule has 1 aromatic heterocycles. The molecule has 0 saturated heterocycles. The zero-order valence-electron chi connectivity index (χ0n) is 12.0. The maximum absolute atomic E-state index is 12.4. The Kier molecular flexibility index (Phi) is 4.20. The Morgan fingerprint density at radius 1 is 1.52 bits per heavy atom. The summed E-state index contributed by atoms with van der Waals surface area (Å²) in [5.41, 5.74) is -0.348. The number of aromatic amines is 1. The molecule has 1 aliphatic rings. The van der Waals surface area contributed by atoms with Crippen molar-refractivity contribution in [3.05, 3.63) is 17.7 Å². The number of aliphatic carboxylic acids is 1. The Morgan fingerprint density at radius 3 is 2.76 bits per heavy atom. The molecule has 2 atom stereocenters. The summed E-state index contributed by atoms with van der Waals surface area (Å²) in [4.78, 5) is 30.2. The quantitative estimate of drug-likeness (QED) is 0.815. The van der Waals surface area contributed by atoms with E-state index in [0.717, 1.165) is 0 Å². The Hall–Kier alpha value is -1.66. The van der Waals surface area contributed by atoms with Crippen LogP contribution in [0, 0.1) is 0 Å². The van der Waals surface area contributed by atoms with Crippen molar-refractivity contribution < 1.29 is 24.0 Å². The van der Waals surface area contributed by atoms with Gasteiger partial charge in [0.1, 0.15) is 11.6 Å². The standard InChI is InChI=1S/C12H18N3O5P/c1-12(2,3)20-11(18)21(19)15-5-8-7(13-6-14-8)4-9(15)10(16)17/h6,9,21H,4-5H2,1-3H3,(H,13,14)(H,16,17)/t9-/m0/s1. The molecule has 0 fully saturated rings. The first-order valence-corrected chi connectivity index (χ1v) is 7.82. The third-order valence-corrected chi connectivity index (χ3v) is 4.46. The van der Waals surface area contributed by atoms with Crippen LogP contribution in [0.25, 0.3) is 0 Å². The van der Waals surface area contributed by atoms with Crippen LogP contribution in [0.2, 0.25) is 0 Å². The van der Waals surface area contributed by atoms with Gasteiger partial charge in [-0.3, -0.25) is 9.36 Å². The molecule has 2 heterocycles. The van der Waals surface area contributed by atoms with Gasteiger partial charge in [0.05, 0.1) is 17.7 Å². The number of carboxylic acid groups (broad SMARTS) is 1. The molecule has 0 amide bonds. The van der Waals surface area contributed by atoms with Crippen LogP contribution in [0.1, 0.15) is 32.2 Å². The van der Waals surface area contributed by atoms with Crippen LogP contribution >= 0.6 is 7.95 Å². The fourth-order valence-corrected chi connectivity index (χ4v) is 3.52. The molecular formula is C12H18N3O5P. The van der Waals surface area contributed by atoms with Crippen molar-refractivity contribution >= 4 is 19.6 Å². The number of nitrogens with zero attached hydrogens (tertiary/aromatic N) is 2. The minimum atomic E-state index is -3.02. The van der Waals surface area contributed by atoms with Crippen molar-refractivity contribution in [2.24, 2.45) is 0 Å². The van der Waals surface area contributed by atoms with Gasteiger partial charge in [0.15, 0.2) is 0 Å². The van der Waals surface area contributed by atoms with Crippen LogP contribution in [-0.2, 0) is 27.1 Å². The molecule has 1 unspecified atom stereocenters. The number of ether oxygens (including phenoxy) is 1. The van der Waals surface area contributed by atoms with E-state index in [4.69, 9.17) is 4.74 Å². The number of carbonyl (C=O) groups excluding carboxylic acids is 1. The second-order valence-electron chi connectivity index (χ2n) is 5.82. The smallest absolute Gasteiger partial charge is 0.376 e. The fraction of sp³-hybridized carbons (Fsp3) is 0.583. The topological polar surface area (TPSA) is 113 Å². The van der Waals surface area contributed by atoms with E-state index in [1.807, 2.05) is 0 Å². The number of fused-ring (bicyclic) bond motifs is 1. The van der Waals surface area contributed by atoms with Gasteiger partial charge in [-0.1, -0.05) is 0 Å². The summed E-state index contributed by atoms with van der Waals surface area (Å²) in [5, 5.41) is 9.28. The highest BCUT2D eigenvalue weighted by atomic mass is 31.1. The van der Waals surface area contributed by atoms with Gasteiger partial charge >= 0.3 is 11.7 Å². The molecule has 0 aromatic carbocycles. The lowest BCUT2D eigenvalue weighted by molar-refractivity contribution is -0.141. The summed E-state index contributed by atoms with van der Waals surface area (Å²) in [6, 6.07) is -1.04. The predicted molar refractivity (Wildman–Crippen MR) is 74.5 cm³/mol. The van der Waals surface area contributed by atoms with Crippen molar-refractivity contribution in [3.63, 3.8) is 0 Å². The number of imidazole rings is 1. The third-order valence-electron chi connectivity index (χ3n) is 3.02. The molecule has 8 nitrogen and oxygen atoms in total. The van der Waals surface area contributed by atoms with Gasteiger partial charge in [-0.05, 0) is 20.8 Å². The van der Waals surface area contributed by atoms with E-state index in [1.165, 1.54) is 11.0 Å². The molecular weight excluding hydrogens is 297 g/mol. The van der Waals surface area contributed by atoms with Gasteiger partial charge in [-0.2, -0.15) is 0 Å². The minimum Gasteiger partial charge on any atom is -0.480 e. The minimum absolute atomic E-state index is 0.0728. The number of nitrogens with one attached hydrogen (secondary N) is 1. The van der Waals surface area contributed by atoms with Crippen molar-refractivity contribution in [1.82, 2.24) is 14.6 Å². The first-order chi connectivity index (χ1) is 9.69. The van der Waals surface area contributed by atoms with Gasteiger partial charge in [0.25, 0.3) is 0 Å². The van der Waals surface area contributed by atoms with Crippen LogP contribution in [0.3, 0.4) is 0 Å². The van der Waals surface area contributed by atoms with Crippen molar-refractivity contribution in [3.8, 4) is 0 Å². The van der Waals surface area contributed by atoms with E-state index in [9.17, 15) is 19.3 Å². The summed E-state index contributed by atoms with van der Waals surface area (Å²) >= 11 is 0. The van der Waals surface area contributed by atoms with Gasteiger partial charge < -0.3 is 14.8 Å². The van der Waals surface area contributed by atoms with E-state index >= 15 is 0 Å². The molecule has 9 heteroatoms. The summed E-state index contributed by atoms with van der Waals surface area (Å²) in [6.07, 6.45) is 1.56. The van der Waals surface area contributed by atoms with E-state index in [1.54, 1.807) is 20.8 Å². The van der Waals surface area contributed by atoms with Crippen LogP contribution in [0.4, 0.5) is 4.79 Å². The highest BCUT2D eigenvalue weighted by molar-refractivity contribution is 7.60. The van der Waals surface area contributed by atoms with Crippen LogP contribution in [0.5, 0.6) is 0 Å². The highest BCUT2D eigenvalue weighted by Gasteiger charge is 2.39. The number of aromatic nitrogens is 2. The monoisotopic (exact) mass is 315 g/mol. The van der Waals surface area contributed by atoms with E-state index in [0.29, 0.717) is 11.4 Å². The number of rotatable bonds is 3. The first-order valence-electron chi connectivity index (χ1n) is 6.47. The molecule has 0 saturated carbocycles. The third kappa shape index (κ3) is 3.51. The van der Waals surface area contributed by atoms with Crippen LogP contribution in [0.15, 0.2) is 6.33 Å². The molecule has 0 aliphatic carbocycles. The second kappa shape index (κ2) is 5.61. The second-order valence-corrected chi connectivity index (χ2v) is 7.41. The van der Waals surface area contributed by atoms with Gasteiger partial charge in [0, 0.05) is 13.0 Å². The highest BCUT2D eigenvalue weighted by Crippen LogP contribution is 2.38. The average molecular weight is 315 g/mol. The molecule has 2 N–H and O–H groups in total. The van der Waals surface area contributed by atoms with Crippen molar-refractivity contribution in [2.75, 3.05) is 0 Å². The zero-order valence-corrected chi connectivity index (χ0v) is 13.0. The Bertz CT molecular complexity index is 592. The normalized spacial score (nSPS) is 20.6. The lowest BCUT2D eigenvalue weighted by Gasteiger charge is -2.31. The largest absolute Gasteiger partial charge is 0.480 e. The number of H-pyrrole nitrogens is 1. The van der Waals surface area contributed by atoms with Crippen molar-refractivity contribution in [1.29, 1.82) is 0 Å². The number of hydrogen-bond donors (Lipinski definition) is 2. The Balaban J connectivity index is 2.22.